The van der Waals surface area contributed by atoms with E-state index in [4.69, 9.17) is 4.42 Å². The number of benzene rings is 1. The van der Waals surface area contributed by atoms with Crippen molar-refractivity contribution in [2.24, 2.45) is 11.3 Å². The van der Waals surface area contributed by atoms with Crippen LogP contribution >= 0.6 is 0 Å². The third kappa shape index (κ3) is 3.20. The van der Waals surface area contributed by atoms with E-state index in [2.05, 4.69) is 17.0 Å². The zero-order chi connectivity index (χ0) is 19.3. The van der Waals surface area contributed by atoms with Crippen LogP contribution in [0.15, 0.2) is 34.7 Å². The number of hydrogen-bond donors (Lipinski definition) is 1. The highest BCUT2D eigenvalue weighted by molar-refractivity contribution is 5.87. The van der Waals surface area contributed by atoms with Crippen LogP contribution in [0.25, 0.3) is 11.0 Å². The zero-order valence-corrected chi connectivity index (χ0v) is 16.0. The summed E-state index contributed by atoms with van der Waals surface area (Å²) in [5.41, 5.74) is 0.873. The minimum Gasteiger partial charge on any atom is -0.480 e. The topological polar surface area (TPSA) is 74.0 Å². The molecule has 2 saturated heterocycles. The molecule has 1 spiro atoms. The van der Waals surface area contributed by atoms with Crippen molar-refractivity contribution < 1.29 is 19.1 Å². The number of piperidine rings is 1. The number of rotatable bonds is 4. The third-order valence-corrected chi connectivity index (χ3v) is 6.78. The average Bonchev–Trinajstić information content (AvgIpc) is 3.35. The average molecular weight is 382 g/mol. The maximum Gasteiger partial charge on any atom is 0.326 e. The fourth-order valence-electron chi connectivity index (χ4n) is 4.96. The van der Waals surface area contributed by atoms with Crippen LogP contribution in [-0.4, -0.2) is 52.5 Å². The van der Waals surface area contributed by atoms with Gasteiger partial charge in [0.05, 0.1) is 6.54 Å². The van der Waals surface area contributed by atoms with Gasteiger partial charge in [-0.05, 0) is 62.7 Å². The fourth-order valence-corrected chi connectivity index (χ4v) is 4.96. The number of carboxylic acid groups (broad SMARTS) is 1. The number of likely N-dealkylation sites (tertiary alicyclic amines) is 2. The molecule has 0 unspecified atom stereocenters. The van der Waals surface area contributed by atoms with E-state index in [-0.39, 0.29) is 17.2 Å². The van der Waals surface area contributed by atoms with Gasteiger partial charge in [0, 0.05) is 17.8 Å². The summed E-state index contributed by atoms with van der Waals surface area (Å²) in [7, 11) is 0. The van der Waals surface area contributed by atoms with Gasteiger partial charge in [-0.1, -0.05) is 18.2 Å². The molecule has 0 radical (unpaired) electrons. The maximum atomic E-state index is 12.6. The number of hydrogen-bond acceptors (Lipinski definition) is 4. The van der Waals surface area contributed by atoms with E-state index in [0.717, 1.165) is 62.0 Å². The number of para-hydroxylation sites is 1. The SMILES string of the molecule is O=C(O)[C@@H]1CC2(CCN(Cc3cc4ccccc4o3)CC2)CN1C(=O)C1CC1. The van der Waals surface area contributed by atoms with Gasteiger partial charge in [-0.25, -0.2) is 4.79 Å². The molecular formula is C22H26N2O4. The normalized spacial score (nSPS) is 24.9. The lowest BCUT2D eigenvalue weighted by Gasteiger charge is -2.38. The first-order valence-corrected chi connectivity index (χ1v) is 10.3. The van der Waals surface area contributed by atoms with Crippen molar-refractivity contribution in [3.63, 3.8) is 0 Å². The predicted octanol–water partition coefficient (Wildman–Crippen LogP) is 3.11. The van der Waals surface area contributed by atoms with Crippen molar-refractivity contribution in [3.8, 4) is 0 Å². The van der Waals surface area contributed by atoms with Crippen LogP contribution in [0.3, 0.4) is 0 Å². The molecule has 28 heavy (non-hydrogen) atoms. The molecule has 3 fully saturated rings. The Morgan fingerprint density at radius 1 is 1.18 bits per heavy atom. The third-order valence-electron chi connectivity index (χ3n) is 6.78. The molecule has 148 valence electrons. The molecule has 2 aromatic rings. The summed E-state index contributed by atoms with van der Waals surface area (Å²) in [6.07, 6.45) is 4.30. The molecule has 1 N–H and O–H groups in total. The van der Waals surface area contributed by atoms with Crippen molar-refractivity contribution in [2.45, 2.75) is 44.7 Å². The van der Waals surface area contributed by atoms with Crippen LogP contribution in [-0.2, 0) is 16.1 Å². The smallest absolute Gasteiger partial charge is 0.326 e. The van der Waals surface area contributed by atoms with E-state index in [9.17, 15) is 14.7 Å². The second-order valence-electron chi connectivity index (χ2n) is 8.83. The Kier molecular flexibility index (Phi) is 4.19. The van der Waals surface area contributed by atoms with Gasteiger partial charge in [0.25, 0.3) is 0 Å². The number of carbonyl (C=O) groups is 2. The Morgan fingerprint density at radius 3 is 2.61 bits per heavy atom. The molecule has 3 heterocycles. The quantitative estimate of drug-likeness (QED) is 0.880. The van der Waals surface area contributed by atoms with Crippen LogP contribution < -0.4 is 0 Å². The lowest BCUT2D eigenvalue weighted by Crippen LogP contribution is -2.43. The molecule has 3 aliphatic rings. The molecule has 1 saturated carbocycles. The molecule has 6 heteroatoms. The minimum absolute atomic E-state index is 0.0437. The Labute approximate surface area is 164 Å². The van der Waals surface area contributed by atoms with E-state index in [0.29, 0.717) is 13.0 Å². The second-order valence-corrected chi connectivity index (χ2v) is 8.83. The summed E-state index contributed by atoms with van der Waals surface area (Å²) in [6, 6.07) is 9.50. The second kappa shape index (κ2) is 6.62. The van der Waals surface area contributed by atoms with Crippen molar-refractivity contribution in [1.29, 1.82) is 0 Å². The Bertz CT molecular complexity index is 875. The summed E-state index contributed by atoms with van der Waals surface area (Å²) >= 11 is 0. The predicted molar refractivity (Wildman–Crippen MR) is 104 cm³/mol. The molecule has 6 nitrogen and oxygen atoms in total. The maximum absolute atomic E-state index is 12.6. The molecule has 5 rings (SSSR count). The monoisotopic (exact) mass is 382 g/mol. The van der Waals surface area contributed by atoms with Crippen molar-refractivity contribution in [2.75, 3.05) is 19.6 Å². The molecule has 1 aliphatic carbocycles. The number of nitrogens with zero attached hydrogens (tertiary/aromatic N) is 2. The van der Waals surface area contributed by atoms with Gasteiger partial charge in [0.1, 0.15) is 17.4 Å². The number of amides is 1. The first-order valence-electron chi connectivity index (χ1n) is 10.3. The van der Waals surface area contributed by atoms with E-state index in [1.54, 1.807) is 4.90 Å². The summed E-state index contributed by atoms with van der Waals surface area (Å²) in [5.74, 6) is 0.257. The highest BCUT2D eigenvalue weighted by atomic mass is 16.4. The standard InChI is InChI=1S/C22H26N2O4/c25-20(15-5-6-15)24-14-22(12-18(24)21(26)27)7-9-23(10-8-22)13-17-11-16-3-1-2-4-19(16)28-17/h1-4,11,15,18H,5-10,12-14H2,(H,26,27)/t18-/m0/s1. The summed E-state index contributed by atoms with van der Waals surface area (Å²) < 4.78 is 5.95. The van der Waals surface area contributed by atoms with Crippen molar-refractivity contribution in [1.82, 2.24) is 9.80 Å². The number of carboxylic acids is 1. The van der Waals surface area contributed by atoms with Gasteiger partial charge >= 0.3 is 5.97 Å². The van der Waals surface area contributed by atoms with Gasteiger partial charge in [-0.15, -0.1) is 0 Å². The largest absolute Gasteiger partial charge is 0.480 e. The van der Waals surface area contributed by atoms with E-state index >= 15 is 0 Å². The number of aliphatic carboxylic acids is 1. The van der Waals surface area contributed by atoms with Gasteiger partial charge < -0.3 is 14.4 Å². The van der Waals surface area contributed by atoms with Crippen LogP contribution in [0.1, 0.15) is 37.9 Å². The summed E-state index contributed by atoms with van der Waals surface area (Å²) in [6.45, 7) is 3.21. The number of fused-ring (bicyclic) bond motifs is 1. The summed E-state index contributed by atoms with van der Waals surface area (Å²) in [5, 5.41) is 10.8. The number of carbonyl (C=O) groups excluding carboxylic acids is 1. The molecule has 1 aromatic heterocycles. The Morgan fingerprint density at radius 2 is 1.93 bits per heavy atom. The Hall–Kier alpha value is -2.34. The Balaban J connectivity index is 1.24. The van der Waals surface area contributed by atoms with Crippen molar-refractivity contribution in [3.05, 3.63) is 36.1 Å². The van der Waals surface area contributed by atoms with Crippen LogP contribution in [0.4, 0.5) is 0 Å². The van der Waals surface area contributed by atoms with Crippen LogP contribution in [0.5, 0.6) is 0 Å². The van der Waals surface area contributed by atoms with Gasteiger partial charge in [-0.2, -0.15) is 0 Å². The van der Waals surface area contributed by atoms with Crippen LogP contribution in [0.2, 0.25) is 0 Å². The molecule has 1 atom stereocenters. The van der Waals surface area contributed by atoms with E-state index < -0.39 is 12.0 Å². The highest BCUT2D eigenvalue weighted by Crippen LogP contribution is 2.45. The lowest BCUT2D eigenvalue weighted by molar-refractivity contribution is -0.148. The first kappa shape index (κ1) is 17.7. The zero-order valence-electron chi connectivity index (χ0n) is 16.0. The van der Waals surface area contributed by atoms with Crippen molar-refractivity contribution >= 4 is 22.8 Å². The molecular weight excluding hydrogens is 356 g/mol. The van der Waals surface area contributed by atoms with Crippen LogP contribution in [0, 0.1) is 11.3 Å². The van der Waals surface area contributed by atoms with E-state index in [1.165, 1.54) is 0 Å². The first-order chi connectivity index (χ1) is 13.5. The van der Waals surface area contributed by atoms with E-state index in [1.807, 2.05) is 18.2 Å². The highest BCUT2D eigenvalue weighted by Gasteiger charge is 2.51. The van der Waals surface area contributed by atoms with Gasteiger partial charge in [0.15, 0.2) is 0 Å². The van der Waals surface area contributed by atoms with Gasteiger partial charge in [-0.3, -0.25) is 9.69 Å². The lowest BCUT2D eigenvalue weighted by atomic mass is 9.76. The number of furan rings is 1. The van der Waals surface area contributed by atoms with Gasteiger partial charge in [0.2, 0.25) is 5.91 Å². The fraction of sp³-hybridized carbons (Fsp3) is 0.545. The molecule has 0 bridgehead atoms. The molecule has 1 aromatic carbocycles. The summed E-state index contributed by atoms with van der Waals surface area (Å²) in [4.78, 5) is 28.4. The molecule has 2 aliphatic heterocycles. The molecule has 1 amide bonds. The minimum atomic E-state index is -0.851.